The van der Waals surface area contributed by atoms with Gasteiger partial charge < -0.3 is 5.73 Å². The van der Waals surface area contributed by atoms with Gasteiger partial charge in [0.15, 0.2) is 0 Å². The Morgan fingerprint density at radius 1 is 1.20 bits per heavy atom. The van der Waals surface area contributed by atoms with Crippen molar-refractivity contribution in [3.05, 3.63) is 45.1 Å². The van der Waals surface area contributed by atoms with Crippen LogP contribution in [0.4, 0.5) is 11.4 Å². The van der Waals surface area contributed by atoms with E-state index in [1.807, 2.05) is 0 Å². The van der Waals surface area contributed by atoms with Crippen molar-refractivity contribution in [2.45, 2.75) is 11.8 Å². The Morgan fingerprint density at radius 3 is 2.55 bits per heavy atom. The van der Waals surface area contributed by atoms with Crippen molar-refractivity contribution in [1.29, 1.82) is 0 Å². The van der Waals surface area contributed by atoms with E-state index in [0.717, 1.165) is 0 Å². The number of sulfonamides is 1. The molecule has 0 unspecified atom stereocenters. The lowest BCUT2D eigenvalue weighted by atomic mass is 10.3. The molecule has 106 valence electrons. The molecule has 0 amide bonds. The molecule has 2 aromatic rings. The predicted molar refractivity (Wildman–Crippen MR) is 86.0 cm³/mol. The number of nitrogens with two attached hydrogens (primary N) is 1. The van der Waals surface area contributed by atoms with Gasteiger partial charge in [-0.05, 0) is 69.1 Å². The van der Waals surface area contributed by atoms with Crippen LogP contribution in [0.5, 0.6) is 0 Å². The number of aryl methyl sites for hydroxylation is 1. The van der Waals surface area contributed by atoms with Gasteiger partial charge >= 0.3 is 0 Å². The lowest BCUT2D eigenvalue weighted by Gasteiger charge is -2.12. The molecule has 20 heavy (non-hydrogen) atoms. The van der Waals surface area contributed by atoms with Crippen molar-refractivity contribution in [2.75, 3.05) is 10.5 Å². The molecule has 2 rings (SSSR count). The average molecular weight is 421 g/mol. The Morgan fingerprint density at radius 2 is 1.90 bits per heavy atom. The molecule has 0 radical (unpaired) electrons. The molecule has 1 aromatic heterocycles. The van der Waals surface area contributed by atoms with E-state index in [-0.39, 0.29) is 4.90 Å². The number of benzene rings is 1. The van der Waals surface area contributed by atoms with Gasteiger partial charge in [0.05, 0.1) is 11.4 Å². The SMILES string of the molecule is Cc1nc(Br)ccc1NS(=O)(=O)c1cc(N)ccc1Br. The molecule has 3 N–H and O–H groups in total. The summed E-state index contributed by atoms with van der Waals surface area (Å²) in [5.41, 5.74) is 7.00. The zero-order chi connectivity index (χ0) is 14.9. The lowest BCUT2D eigenvalue weighted by molar-refractivity contribution is 0.600. The van der Waals surface area contributed by atoms with Gasteiger partial charge in [0, 0.05) is 10.2 Å². The summed E-state index contributed by atoms with van der Waals surface area (Å²) in [5.74, 6) is 0. The molecule has 8 heteroatoms. The highest BCUT2D eigenvalue weighted by molar-refractivity contribution is 9.10. The summed E-state index contributed by atoms with van der Waals surface area (Å²) in [7, 11) is -3.73. The minimum atomic E-state index is -3.73. The molecule has 0 aliphatic carbocycles. The standard InChI is InChI=1S/C12H11Br2N3O2S/c1-7-10(4-5-12(14)16-7)17-20(18,19)11-6-8(15)2-3-9(11)13/h2-6,17H,15H2,1H3. The van der Waals surface area contributed by atoms with E-state index in [4.69, 9.17) is 5.73 Å². The third kappa shape index (κ3) is 3.31. The number of hydrogen-bond donors (Lipinski definition) is 2. The predicted octanol–water partition coefficient (Wildman–Crippen LogP) is 3.30. The molecule has 0 saturated heterocycles. The largest absolute Gasteiger partial charge is 0.399 e. The number of nitrogens with zero attached hydrogens (tertiary/aromatic N) is 1. The Bertz CT molecular complexity index is 763. The van der Waals surface area contributed by atoms with Crippen LogP contribution in [0, 0.1) is 6.92 Å². The summed E-state index contributed by atoms with van der Waals surface area (Å²) in [6.45, 7) is 1.72. The number of nitrogens with one attached hydrogen (secondary N) is 1. The second-order valence-corrected chi connectivity index (χ2v) is 7.38. The first-order chi connectivity index (χ1) is 9.29. The van der Waals surface area contributed by atoms with Crippen LogP contribution in [-0.2, 0) is 10.0 Å². The summed E-state index contributed by atoms with van der Waals surface area (Å²) in [5, 5.41) is 0. The molecular weight excluding hydrogens is 410 g/mol. The molecule has 0 spiro atoms. The number of aromatic nitrogens is 1. The Hall–Kier alpha value is -1.12. The zero-order valence-electron chi connectivity index (χ0n) is 10.4. The second-order valence-electron chi connectivity index (χ2n) is 4.06. The molecule has 0 fully saturated rings. The van der Waals surface area contributed by atoms with Crippen LogP contribution in [-0.4, -0.2) is 13.4 Å². The molecule has 1 heterocycles. The first-order valence-electron chi connectivity index (χ1n) is 5.50. The van der Waals surface area contributed by atoms with Crippen molar-refractivity contribution in [3.63, 3.8) is 0 Å². The molecule has 1 aromatic carbocycles. The van der Waals surface area contributed by atoms with E-state index in [1.54, 1.807) is 31.2 Å². The summed E-state index contributed by atoms with van der Waals surface area (Å²) in [6.07, 6.45) is 0. The van der Waals surface area contributed by atoms with E-state index in [0.29, 0.717) is 26.1 Å². The van der Waals surface area contributed by atoms with Crippen LogP contribution in [0.15, 0.2) is 44.3 Å². The van der Waals surface area contributed by atoms with Crippen molar-refractivity contribution in [2.24, 2.45) is 0 Å². The van der Waals surface area contributed by atoms with Gasteiger partial charge in [0.2, 0.25) is 0 Å². The molecule has 0 bridgehead atoms. The summed E-state index contributed by atoms with van der Waals surface area (Å²) in [6, 6.07) is 7.92. The van der Waals surface area contributed by atoms with Gasteiger partial charge in [-0.2, -0.15) is 0 Å². The van der Waals surface area contributed by atoms with E-state index in [1.165, 1.54) is 6.07 Å². The van der Waals surface area contributed by atoms with Crippen molar-refractivity contribution in [1.82, 2.24) is 4.98 Å². The van der Waals surface area contributed by atoms with Crippen molar-refractivity contribution < 1.29 is 8.42 Å². The molecule has 0 saturated carbocycles. The summed E-state index contributed by atoms with van der Waals surface area (Å²) < 4.78 is 28.3. The number of hydrogen-bond acceptors (Lipinski definition) is 4. The maximum absolute atomic E-state index is 12.4. The fraction of sp³-hybridized carbons (Fsp3) is 0.0833. The first-order valence-corrected chi connectivity index (χ1v) is 8.57. The number of nitrogen functional groups attached to an aromatic ring is 1. The van der Waals surface area contributed by atoms with E-state index >= 15 is 0 Å². The normalized spacial score (nSPS) is 11.3. The van der Waals surface area contributed by atoms with Gasteiger partial charge in [-0.15, -0.1) is 0 Å². The number of rotatable bonds is 3. The van der Waals surface area contributed by atoms with Crippen LogP contribution >= 0.6 is 31.9 Å². The summed E-state index contributed by atoms with van der Waals surface area (Å²) >= 11 is 6.44. The van der Waals surface area contributed by atoms with Crippen molar-refractivity contribution in [3.8, 4) is 0 Å². The third-order valence-corrected chi connectivity index (χ3v) is 5.34. The fourth-order valence-electron chi connectivity index (χ4n) is 1.56. The number of pyridine rings is 1. The third-order valence-electron chi connectivity index (χ3n) is 2.54. The molecule has 0 aliphatic heterocycles. The Balaban J connectivity index is 2.43. The van der Waals surface area contributed by atoms with E-state index < -0.39 is 10.0 Å². The highest BCUT2D eigenvalue weighted by atomic mass is 79.9. The van der Waals surface area contributed by atoms with E-state index in [9.17, 15) is 8.42 Å². The summed E-state index contributed by atoms with van der Waals surface area (Å²) in [4.78, 5) is 4.23. The van der Waals surface area contributed by atoms with Crippen LogP contribution in [0.2, 0.25) is 0 Å². The van der Waals surface area contributed by atoms with Gasteiger partial charge in [-0.25, -0.2) is 13.4 Å². The topological polar surface area (TPSA) is 85.1 Å². The van der Waals surface area contributed by atoms with Gasteiger partial charge in [0.1, 0.15) is 9.50 Å². The van der Waals surface area contributed by atoms with Crippen LogP contribution in [0.3, 0.4) is 0 Å². The first kappa shape index (κ1) is 15.3. The van der Waals surface area contributed by atoms with E-state index in [2.05, 4.69) is 41.6 Å². The van der Waals surface area contributed by atoms with Gasteiger partial charge in [0.25, 0.3) is 10.0 Å². The maximum Gasteiger partial charge on any atom is 0.263 e. The van der Waals surface area contributed by atoms with Gasteiger partial charge in [-0.1, -0.05) is 0 Å². The fourth-order valence-corrected chi connectivity index (χ4v) is 4.08. The van der Waals surface area contributed by atoms with Crippen molar-refractivity contribution >= 4 is 53.3 Å². The van der Waals surface area contributed by atoms with Gasteiger partial charge in [-0.3, -0.25) is 4.72 Å². The lowest BCUT2D eigenvalue weighted by Crippen LogP contribution is -2.15. The Kier molecular flexibility index (Phi) is 4.36. The minimum absolute atomic E-state index is 0.0832. The number of anilines is 2. The molecule has 5 nitrogen and oxygen atoms in total. The highest BCUT2D eigenvalue weighted by Crippen LogP contribution is 2.27. The zero-order valence-corrected chi connectivity index (χ0v) is 14.4. The quantitative estimate of drug-likeness (QED) is 0.589. The van der Waals surface area contributed by atoms with Crippen LogP contribution in [0.1, 0.15) is 5.69 Å². The molecule has 0 aliphatic rings. The average Bonchev–Trinajstić information content (AvgIpc) is 2.35. The molecular formula is C12H11Br2N3O2S. The Labute approximate surface area is 133 Å². The molecule has 0 atom stereocenters. The second kappa shape index (κ2) is 5.71. The monoisotopic (exact) mass is 419 g/mol. The smallest absolute Gasteiger partial charge is 0.263 e. The minimum Gasteiger partial charge on any atom is -0.399 e. The number of halogens is 2. The van der Waals surface area contributed by atoms with Crippen LogP contribution in [0.25, 0.3) is 0 Å². The van der Waals surface area contributed by atoms with Crippen LogP contribution < -0.4 is 10.5 Å². The highest BCUT2D eigenvalue weighted by Gasteiger charge is 2.19. The maximum atomic E-state index is 12.4.